The van der Waals surface area contributed by atoms with Gasteiger partial charge in [0.2, 0.25) is 12.2 Å². The third-order valence-corrected chi connectivity index (χ3v) is 3.77. The molecule has 0 bridgehead atoms. The van der Waals surface area contributed by atoms with Gasteiger partial charge in [-0.1, -0.05) is 0 Å². The number of fused-ring (bicyclic) bond motifs is 1. The smallest absolute Gasteiger partial charge is 0.287 e. The Bertz CT molecular complexity index is 909. The number of hydrogen-bond donors (Lipinski definition) is 2. The van der Waals surface area contributed by atoms with Gasteiger partial charge in [0.15, 0.2) is 0 Å². The van der Waals surface area contributed by atoms with Gasteiger partial charge in [0.05, 0.1) is 16.9 Å². The molecule has 6 nitrogen and oxygen atoms in total. The Morgan fingerprint density at radius 3 is 2.54 bits per heavy atom. The zero-order valence-electron chi connectivity index (χ0n) is 14.5. The molecule has 1 unspecified atom stereocenters. The predicted octanol–water partition coefficient (Wildman–Crippen LogP) is 3.82. The van der Waals surface area contributed by atoms with Crippen molar-refractivity contribution in [1.82, 2.24) is 19.5 Å². The number of hydrogen-bond acceptors (Lipinski definition) is 5. The number of nitrogens with zero attached hydrogens (tertiary/aromatic N) is 4. The second-order valence-electron chi connectivity index (χ2n) is 6.16. The first-order valence-corrected chi connectivity index (χ1v) is 8.09. The van der Waals surface area contributed by atoms with Crippen LogP contribution in [-0.2, 0) is 7.05 Å². The molecule has 0 saturated heterocycles. The lowest BCUT2D eigenvalue weighted by molar-refractivity contribution is 0.0646. The summed E-state index contributed by atoms with van der Waals surface area (Å²) in [7, 11) is 1.86. The quantitative estimate of drug-likeness (QED) is 0.651. The van der Waals surface area contributed by atoms with E-state index in [9.17, 15) is 13.2 Å². The Hall–Kier alpha value is -2.84. The highest BCUT2D eigenvalue weighted by molar-refractivity contribution is 5.87. The minimum absolute atomic E-state index is 0.194. The molecule has 0 radical (unpaired) electrons. The van der Waals surface area contributed by atoms with Crippen LogP contribution in [0.3, 0.4) is 0 Å². The molecule has 3 rings (SSSR count). The summed E-state index contributed by atoms with van der Waals surface area (Å²) in [4.78, 5) is 12.3. The molecule has 0 aliphatic rings. The normalized spacial score (nSPS) is 12.8. The molecule has 26 heavy (non-hydrogen) atoms. The Kier molecular flexibility index (Phi) is 4.97. The lowest BCUT2D eigenvalue weighted by Crippen LogP contribution is -2.23. The van der Waals surface area contributed by atoms with Gasteiger partial charge in [-0.2, -0.15) is 0 Å². The van der Waals surface area contributed by atoms with E-state index in [2.05, 4.69) is 20.3 Å². The first-order valence-electron chi connectivity index (χ1n) is 8.09. The largest absolute Gasteiger partial charge is 0.368 e. The van der Waals surface area contributed by atoms with Crippen molar-refractivity contribution in [3.8, 4) is 11.4 Å². The lowest BCUT2D eigenvalue weighted by Gasteiger charge is -2.11. The molecule has 0 fully saturated rings. The number of halogens is 3. The highest BCUT2D eigenvalue weighted by Gasteiger charge is 2.20. The third kappa shape index (κ3) is 3.71. The number of alkyl halides is 3. The topological polar surface area (TPSA) is 67.7 Å². The summed E-state index contributed by atoms with van der Waals surface area (Å²) in [6, 6.07) is 5.69. The number of aromatic nitrogens is 4. The van der Waals surface area contributed by atoms with Gasteiger partial charge in [-0.3, -0.25) is 0 Å². The van der Waals surface area contributed by atoms with E-state index in [-0.39, 0.29) is 12.0 Å². The van der Waals surface area contributed by atoms with Crippen molar-refractivity contribution < 1.29 is 13.2 Å². The van der Waals surface area contributed by atoms with Crippen LogP contribution in [0.15, 0.2) is 30.6 Å². The molecule has 0 aliphatic carbocycles. The summed E-state index contributed by atoms with van der Waals surface area (Å²) in [5.41, 5.74) is 2.16. The van der Waals surface area contributed by atoms with Crippen molar-refractivity contribution in [1.29, 1.82) is 0 Å². The molecule has 0 amide bonds. The van der Waals surface area contributed by atoms with Gasteiger partial charge in [0, 0.05) is 36.9 Å². The van der Waals surface area contributed by atoms with Crippen LogP contribution in [-0.4, -0.2) is 38.3 Å². The molecule has 138 valence electrons. The fourth-order valence-electron chi connectivity index (χ4n) is 2.61. The first kappa shape index (κ1) is 18.0. The highest BCUT2D eigenvalue weighted by atomic mass is 19.3. The minimum atomic E-state index is -3.15. The minimum Gasteiger partial charge on any atom is -0.368 e. The van der Waals surface area contributed by atoms with Crippen LogP contribution in [0.4, 0.5) is 24.9 Å². The predicted molar refractivity (Wildman–Crippen MR) is 95.0 cm³/mol. The summed E-state index contributed by atoms with van der Waals surface area (Å²) < 4.78 is 39.8. The maximum Gasteiger partial charge on any atom is 0.287 e. The number of aryl methyl sites for hydroxylation is 1. The molecule has 0 saturated carbocycles. The van der Waals surface area contributed by atoms with Crippen molar-refractivity contribution in [2.75, 3.05) is 10.6 Å². The van der Waals surface area contributed by atoms with E-state index in [1.807, 2.05) is 42.9 Å². The van der Waals surface area contributed by atoms with Crippen LogP contribution < -0.4 is 10.6 Å². The molecule has 3 heterocycles. The van der Waals surface area contributed by atoms with Gasteiger partial charge in [-0.05, 0) is 26.0 Å². The van der Waals surface area contributed by atoms with Gasteiger partial charge >= 0.3 is 0 Å². The summed E-state index contributed by atoms with van der Waals surface area (Å²) in [6.07, 6.45) is -2.53. The summed E-state index contributed by atoms with van der Waals surface area (Å²) in [6.45, 7) is 4.05. The van der Waals surface area contributed by atoms with Crippen LogP contribution >= 0.6 is 0 Å². The summed E-state index contributed by atoms with van der Waals surface area (Å²) in [5.74, 6) is 0.559. The molecule has 0 aromatic carbocycles. The van der Waals surface area contributed by atoms with Crippen molar-refractivity contribution in [3.63, 3.8) is 0 Å². The fraction of sp³-hybridized carbons (Fsp3) is 0.353. The third-order valence-electron chi connectivity index (χ3n) is 3.77. The van der Waals surface area contributed by atoms with Gasteiger partial charge in [0.25, 0.3) is 6.43 Å². The van der Waals surface area contributed by atoms with Gasteiger partial charge in [0.1, 0.15) is 5.82 Å². The average molecular weight is 364 g/mol. The molecule has 3 aromatic rings. The Morgan fingerprint density at radius 2 is 1.85 bits per heavy atom. The number of anilines is 2. The number of pyridine rings is 1. The lowest BCUT2D eigenvalue weighted by atomic mass is 10.2. The monoisotopic (exact) mass is 364 g/mol. The highest BCUT2D eigenvalue weighted by Crippen LogP contribution is 2.27. The van der Waals surface area contributed by atoms with E-state index in [0.29, 0.717) is 5.69 Å². The standard InChI is InChI=1S/C17H19F3N6/c1-9(2)23-14-7-12-10(8-22-14)6-13(26(12)3)11-4-5-21-17(24-11)25-16(20)15(18)19/h4-9,15-16H,1-3H3,(H,22,23)(H,21,24,25). The number of nitrogens with one attached hydrogen (secondary N) is 2. The number of rotatable bonds is 6. The summed E-state index contributed by atoms with van der Waals surface area (Å²) in [5, 5.41) is 6.11. The fourth-order valence-corrected chi connectivity index (χ4v) is 2.61. The molecular formula is C17H19F3N6. The van der Waals surface area contributed by atoms with E-state index in [4.69, 9.17) is 0 Å². The van der Waals surface area contributed by atoms with E-state index >= 15 is 0 Å². The van der Waals surface area contributed by atoms with Crippen LogP contribution in [0, 0.1) is 0 Å². The second kappa shape index (κ2) is 7.19. The van der Waals surface area contributed by atoms with Crippen molar-refractivity contribution in [2.45, 2.75) is 32.6 Å². The molecule has 2 N–H and O–H groups in total. The van der Waals surface area contributed by atoms with E-state index in [0.717, 1.165) is 22.4 Å². The van der Waals surface area contributed by atoms with Crippen molar-refractivity contribution >= 4 is 22.7 Å². The van der Waals surface area contributed by atoms with Crippen molar-refractivity contribution in [2.24, 2.45) is 7.05 Å². The van der Waals surface area contributed by atoms with Gasteiger partial charge in [-0.25, -0.2) is 28.1 Å². The van der Waals surface area contributed by atoms with Crippen LogP contribution in [0.25, 0.3) is 22.3 Å². The molecule has 0 spiro atoms. The van der Waals surface area contributed by atoms with E-state index in [1.165, 1.54) is 6.20 Å². The molecule has 1 atom stereocenters. The maximum absolute atomic E-state index is 13.2. The molecule has 3 aromatic heterocycles. The first-order chi connectivity index (χ1) is 12.3. The van der Waals surface area contributed by atoms with Crippen LogP contribution in [0.5, 0.6) is 0 Å². The average Bonchev–Trinajstić information content (AvgIpc) is 2.91. The zero-order valence-corrected chi connectivity index (χ0v) is 14.5. The zero-order chi connectivity index (χ0) is 18.8. The van der Waals surface area contributed by atoms with E-state index in [1.54, 1.807) is 12.3 Å². The summed E-state index contributed by atoms with van der Waals surface area (Å²) >= 11 is 0. The van der Waals surface area contributed by atoms with Gasteiger partial charge in [-0.15, -0.1) is 0 Å². The van der Waals surface area contributed by atoms with Crippen molar-refractivity contribution in [3.05, 3.63) is 30.6 Å². The molecular weight excluding hydrogens is 345 g/mol. The second-order valence-corrected chi connectivity index (χ2v) is 6.16. The molecule has 9 heteroatoms. The van der Waals surface area contributed by atoms with Crippen LogP contribution in [0.1, 0.15) is 13.8 Å². The molecule has 0 aliphatic heterocycles. The Morgan fingerprint density at radius 1 is 1.08 bits per heavy atom. The Labute approximate surface area is 148 Å². The van der Waals surface area contributed by atoms with E-state index < -0.39 is 12.7 Å². The van der Waals surface area contributed by atoms with Gasteiger partial charge < -0.3 is 15.2 Å². The Balaban J connectivity index is 1.96. The van der Waals surface area contributed by atoms with Crippen LogP contribution in [0.2, 0.25) is 0 Å². The maximum atomic E-state index is 13.2. The SMILES string of the molecule is CC(C)Nc1cc2c(cn1)cc(-c1ccnc(NC(F)C(F)F)n1)n2C.